The summed E-state index contributed by atoms with van der Waals surface area (Å²) < 4.78 is 51.9. The summed E-state index contributed by atoms with van der Waals surface area (Å²) in [5, 5.41) is 15.1. The number of benzene rings is 2. The van der Waals surface area contributed by atoms with E-state index in [2.05, 4.69) is 20.5 Å². The highest BCUT2D eigenvalue weighted by Gasteiger charge is 2.28. The van der Waals surface area contributed by atoms with Crippen LogP contribution >= 0.6 is 0 Å². The molecule has 3 heterocycles. The highest BCUT2D eigenvalue weighted by atomic mass is 19.3. The molecule has 2 aromatic carbocycles. The summed E-state index contributed by atoms with van der Waals surface area (Å²) in [7, 11) is 0. The van der Waals surface area contributed by atoms with Gasteiger partial charge in [-0.1, -0.05) is 23.4 Å². The number of ether oxygens (including phenoxy) is 1. The minimum absolute atomic E-state index is 0.0998. The number of carbonyl (C=O) groups is 1. The summed E-state index contributed by atoms with van der Waals surface area (Å²) in [5.41, 5.74) is 3.38. The maximum atomic E-state index is 14.7. The van der Waals surface area contributed by atoms with Crippen LogP contribution in [0.25, 0.3) is 22.7 Å². The van der Waals surface area contributed by atoms with E-state index in [1.807, 2.05) is 39.0 Å². The molecule has 12 heteroatoms. The van der Waals surface area contributed by atoms with E-state index in [1.165, 1.54) is 16.8 Å². The zero-order valence-corrected chi connectivity index (χ0v) is 20.3. The molecule has 37 heavy (non-hydrogen) atoms. The molecule has 0 bridgehead atoms. The van der Waals surface area contributed by atoms with Crippen molar-refractivity contribution in [2.75, 3.05) is 0 Å². The second-order valence-electron chi connectivity index (χ2n) is 9.67. The lowest BCUT2D eigenvalue weighted by atomic mass is 10.0. The summed E-state index contributed by atoms with van der Waals surface area (Å²) in [6.45, 7) is 6.49. The Labute approximate surface area is 209 Å². The fourth-order valence-corrected chi connectivity index (χ4v) is 3.94. The van der Waals surface area contributed by atoms with Gasteiger partial charge >= 0.3 is 12.5 Å². The van der Waals surface area contributed by atoms with E-state index in [0.717, 1.165) is 22.8 Å². The Balaban J connectivity index is 1.28. The van der Waals surface area contributed by atoms with Gasteiger partial charge in [0.15, 0.2) is 0 Å². The Bertz CT molecular complexity index is 1460. The zero-order valence-electron chi connectivity index (χ0n) is 20.3. The van der Waals surface area contributed by atoms with E-state index in [1.54, 1.807) is 11.1 Å². The Kier molecular flexibility index (Phi) is 6.18. The maximum Gasteiger partial charge on any atom is 0.410 e. The summed E-state index contributed by atoms with van der Waals surface area (Å²) >= 11 is 0. The lowest BCUT2D eigenvalue weighted by molar-refractivity contribution is 0.0242. The van der Waals surface area contributed by atoms with Crippen LogP contribution in [0.15, 0.2) is 47.0 Å². The molecule has 0 saturated heterocycles. The predicted molar refractivity (Wildman–Crippen MR) is 125 cm³/mol. The monoisotopic (exact) mass is 512 g/mol. The number of aromatic nitrogens is 5. The number of alkyl halides is 2. The lowest BCUT2D eigenvalue weighted by Crippen LogP contribution is -2.33. The van der Waals surface area contributed by atoms with Crippen molar-refractivity contribution in [2.45, 2.75) is 52.4 Å². The van der Waals surface area contributed by atoms with E-state index in [-0.39, 0.29) is 24.1 Å². The minimum atomic E-state index is -2.90. The average Bonchev–Trinajstić information content (AvgIpc) is 3.58. The first-order chi connectivity index (χ1) is 17.6. The SMILES string of the molecule is CC(C)(C)OC(=O)N1Cc2ccc(-c3cn(Cc4ccc(-c5nnc(C(F)F)o5)cc4F)nn3)cc2C1. The summed E-state index contributed by atoms with van der Waals surface area (Å²) in [5.74, 6) is -1.59. The molecule has 0 spiro atoms. The Hall–Kier alpha value is -4.22. The molecule has 0 fully saturated rings. The van der Waals surface area contributed by atoms with E-state index in [0.29, 0.717) is 24.3 Å². The predicted octanol–water partition coefficient (Wildman–Crippen LogP) is 5.37. The molecule has 0 unspecified atom stereocenters. The first-order valence-electron chi connectivity index (χ1n) is 11.5. The van der Waals surface area contributed by atoms with Crippen LogP contribution in [0.4, 0.5) is 18.0 Å². The van der Waals surface area contributed by atoms with Crippen LogP contribution in [0.5, 0.6) is 0 Å². The Morgan fingerprint density at radius 2 is 1.81 bits per heavy atom. The van der Waals surface area contributed by atoms with Gasteiger partial charge in [0.1, 0.15) is 17.1 Å². The third-order valence-corrected chi connectivity index (χ3v) is 5.67. The van der Waals surface area contributed by atoms with Gasteiger partial charge < -0.3 is 9.15 Å². The van der Waals surface area contributed by atoms with Crippen molar-refractivity contribution < 1.29 is 27.1 Å². The summed E-state index contributed by atoms with van der Waals surface area (Å²) in [6.07, 6.45) is -1.57. The van der Waals surface area contributed by atoms with Gasteiger partial charge in [-0.05, 0) is 50.1 Å². The normalized spacial score (nSPS) is 13.3. The van der Waals surface area contributed by atoms with Crippen LogP contribution in [0, 0.1) is 5.82 Å². The summed E-state index contributed by atoms with van der Waals surface area (Å²) in [4.78, 5) is 14.1. The van der Waals surface area contributed by atoms with Crippen LogP contribution in [-0.2, 0) is 24.4 Å². The van der Waals surface area contributed by atoms with Crippen molar-refractivity contribution in [1.82, 2.24) is 30.1 Å². The highest BCUT2D eigenvalue weighted by Crippen LogP contribution is 2.29. The molecular weight excluding hydrogens is 489 g/mol. The summed E-state index contributed by atoms with van der Waals surface area (Å²) in [6, 6.07) is 9.96. The molecule has 4 aromatic rings. The fraction of sp³-hybridized carbons (Fsp3) is 0.320. The van der Waals surface area contributed by atoms with E-state index in [4.69, 9.17) is 9.15 Å². The third-order valence-electron chi connectivity index (χ3n) is 5.67. The number of rotatable bonds is 5. The molecule has 1 amide bonds. The van der Waals surface area contributed by atoms with Crippen molar-refractivity contribution in [1.29, 1.82) is 0 Å². The first kappa shape index (κ1) is 24.5. The maximum absolute atomic E-state index is 14.7. The zero-order chi connectivity index (χ0) is 26.3. The Morgan fingerprint density at radius 1 is 1.05 bits per heavy atom. The van der Waals surface area contributed by atoms with Gasteiger partial charge in [0, 0.05) is 29.8 Å². The van der Waals surface area contributed by atoms with E-state index >= 15 is 0 Å². The van der Waals surface area contributed by atoms with Gasteiger partial charge in [0.2, 0.25) is 5.89 Å². The smallest absolute Gasteiger partial charge is 0.410 e. The van der Waals surface area contributed by atoms with Crippen molar-refractivity contribution in [3.63, 3.8) is 0 Å². The van der Waals surface area contributed by atoms with Gasteiger partial charge in [-0.2, -0.15) is 8.78 Å². The standard InChI is InChI=1S/C25H23F3N6O3/c1-25(2,3)37-24(35)33-10-16-6-4-14(8-18(16)11-33)20-13-34(32-29-20)12-17-7-5-15(9-19(17)26)22-30-31-23(36-22)21(27)28/h4-9,13,21H,10-12H2,1-3H3. The molecule has 0 N–H and O–H groups in total. The number of nitrogens with zero attached hydrogens (tertiary/aromatic N) is 6. The second-order valence-corrected chi connectivity index (χ2v) is 9.67. The lowest BCUT2D eigenvalue weighted by Gasteiger charge is -2.24. The third kappa shape index (κ3) is 5.32. The molecule has 0 aliphatic carbocycles. The van der Waals surface area contributed by atoms with Crippen molar-refractivity contribution in [3.05, 3.63) is 71.0 Å². The molecule has 0 saturated carbocycles. The van der Waals surface area contributed by atoms with Gasteiger partial charge in [0.05, 0.1) is 12.7 Å². The molecule has 9 nitrogen and oxygen atoms in total. The number of carbonyl (C=O) groups excluding carboxylic acids is 1. The Morgan fingerprint density at radius 3 is 2.51 bits per heavy atom. The molecule has 192 valence electrons. The molecule has 2 aromatic heterocycles. The van der Waals surface area contributed by atoms with Gasteiger partial charge in [-0.3, -0.25) is 4.90 Å². The average molecular weight is 512 g/mol. The van der Waals surface area contributed by atoms with E-state index < -0.39 is 23.7 Å². The number of amides is 1. The molecule has 1 aliphatic heterocycles. The minimum Gasteiger partial charge on any atom is -0.444 e. The van der Waals surface area contributed by atoms with Gasteiger partial charge in [-0.25, -0.2) is 13.9 Å². The van der Waals surface area contributed by atoms with Crippen molar-refractivity contribution in [2.24, 2.45) is 0 Å². The van der Waals surface area contributed by atoms with Gasteiger partial charge in [0.25, 0.3) is 5.89 Å². The number of fused-ring (bicyclic) bond motifs is 1. The van der Waals surface area contributed by atoms with Crippen LogP contribution in [0.1, 0.15) is 49.8 Å². The van der Waals surface area contributed by atoms with E-state index in [9.17, 15) is 18.0 Å². The number of hydrogen-bond donors (Lipinski definition) is 0. The van der Waals surface area contributed by atoms with Crippen LogP contribution in [0.2, 0.25) is 0 Å². The fourth-order valence-electron chi connectivity index (χ4n) is 3.94. The molecule has 1 aliphatic rings. The van der Waals surface area contributed by atoms with Crippen LogP contribution in [-0.4, -0.2) is 41.8 Å². The highest BCUT2D eigenvalue weighted by molar-refractivity contribution is 5.70. The van der Waals surface area contributed by atoms with Crippen molar-refractivity contribution in [3.8, 4) is 22.7 Å². The molecular formula is C25H23F3N6O3. The number of hydrogen-bond acceptors (Lipinski definition) is 7. The molecule has 0 radical (unpaired) electrons. The first-order valence-corrected chi connectivity index (χ1v) is 11.5. The van der Waals surface area contributed by atoms with Crippen LogP contribution in [0.3, 0.4) is 0 Å². The largest absolute Gasteiger partial charge is 0.444 e. The van der Waals surface area contributed by atoms with Crippen LogP contribution < -0.4 is 0 Å². The molecule has 0 atom stereocenters. The molecule has 5 rings (SSSR count). The second kappa shape index (κ2) is 9.34. The quantitative estimate of drug-likeness (QED) is 0.354. The van der Waals surface area contributed by atoms with Crippen molar-refractivity contribution >= 4 is 6.09 Å². The number of halogens is 3. The van der Waals surface area contributed by atoms with Gasteiger partial charge in [-0.15, -0.1) is 15.3 Å². The topological polar surface area (TPSA) is 99.2 Å².